The predicted octanol–water partition coefficient (Wildman–Crippen LogP) is 2.88. The molecule has 0 atom stereocenters. The van der Waals surface area contributed by atoms with Gasteiger partial charge in [0.1, 0.15) is 11.5 Å². The van der Waals surface area contributed by atoms with Gasteiger partial charge in [0.2, 0.25) is 11.8 Å². The smallest absolute Gasteiger partial charge is 0.240 e. The normalized spacial score (nSPS) is 10.5. The molecule has 0 spiro atoms. The maximum Gasteiger partial charge on any atom is 0.240 e. The van der Waals surface area contributed by atoms with E-state index >= 15 is 0 Å². The molecule has 0 aliphatic rings. The second-order valence-electron chi connectivity index (χ2n) is 5.80. The van der Waals surface area contributed by atoms with Crippen LogP contribution in [0.3, 0.4) is 0 Å². The Balaban J connectivity index is 1.75. The molecule has 2 rings (SSSR count). The Labute approximate surface area is 158 Å². The zero-order valence-electron chi connectivity index (χ0n) is 15.6. The average Bonchev–Trinajstić information content (AvgIpc) is 2.68. The van der Waals surface area contributed by atoms with Crippen LogP contribution in [0.1, 0.15) is 24.0 Å². The minimum Gasteiger partial charge on any atom is -0.497 e. The van der Waals surface area contributed by atoms with E-state index in [2.05, 4.69) is 15.8 Å². The molecule has 0 aliphatic carbocycles. The molecule has 2 amide bonds. The molecule has 0 saturated carbocycles. The van der Waals surface area contributed by atoms with Gasteiger partial charge < -0.3 is 14.8 Å². The summed E-state index contributed by atoms with van der Waals surface area (Å²) in [5, 5.41) is 6.62. The number of ether oxygens (including phenoxy) is 2. The van der Waals surface area contributed by atoms with Gasteiger partial charge in [-0.1, -0.05) is 12.1 Å². The Kier molecular flexibility index (Phi) is 7.37. The molecule has 7 heteroatoms. The molecule has 2 aromatic carbocycles. The van der Waals surface area contributed by atoms with Gasteiger partial charge in [0.15, 0.2) is 0 Å². The number of amides is 2. The third kappa shape index (κ3) is 6.47. The second-order valence-corrected chi connectivity index (χ2v) is 5.80. The van der Waals surface area contributed by atoms with Crippen LogP contribution in [0.4, 0.5) is 5.69 Å². The number of rotatable bonds is 8. The maximum absolute atomic E-state index is 11.9. The molecule has 0 radical (unpaired) electrons. The number of aryl methyl sites for hydroxylation is 1. The van der Waals surface area contributed by atoms with Crippen LogP contribution >= 0.6 is 0 Å². The van der Waals surface area contributed by atoms with Gasteiger partial charge in [0.25, 0.3) is 0 Å². The number of hydrogen-bond donors (Lipinski definition) is 2. The minimum atomic E-state index is -0.338. The standard InChI is InChI=1S/C20H23N3O4/c1-14-4-5-15(12-18(14)27-3)13-21-23-20(25)11-10-19(24)22-16-6-8-17(26-2)9-7-16/h4-9,12-13H,10-11H2,1-3H3,(H,22,24)(H,23,25). The number of carbonyl (C=O) groups excluding carboxylic acids is 2. The van der Waals surface area contributed by atoms with E-state index in [0.29, 0.717) is 11.4 Å². The number of benzene rings is 2. The van der Waals surface area contributed by atoms with Crippen LogP contribution in [-0.2, 0) is 9.59 Å². The van der Waals surface area contributed by atoms with Crippen LogP contribution in [0.15, 0.2) is 47.6 Å². The van der Waals surface area contributed by atoms with Crippen molar-refractivity contribution in [2.75, 3.05) is 19.5 Å². The monoisotopic (exact) mass is 369 g/mol. The van der Waals surface area contributed by atoms with E-state index in [1.54, 1.807) is 38.5 Å². The first-order valence-electron chi connectivity index (χ1n) is 8.42. The van der Waals surface area contributed by atoms with Crippen molar-refractivity contribution in [3.05, 3.63) is 53.6 Å². The van der Waals surface area contributed by atoms with Crippen molar-refractivity contribution in [3.63, 3.8) is 0 Å². The summed E-state index contributed by atoms with van der Waals surface area (Å²) in [6.07, 6.45) is 1.62. The van der Waals surface area contributed by atoms with E-state index in [1.807, 2.05) is 25.1 Å². The van der Waals surface area contributed by atoms with E-state index in [9.17, 15) is 9.59 Å². The van der Waals surface area contributed by atoms with Crippen molar-refractivity contribution in [2.24, 2.45) is 5.10 Å². The highest BCUT2D eigenvalue weighted by Crippen LogP contribution is 2.18. The molecule has 142 valence electrons. The lowest BCUT2D eigenvalue weighted by molar-refractivity contribution is -0.124. The fourth-order valence-electron chi connectivity index (χ4n) is 2.28. The fourth-order valence-corrected chi connectivity index (χ4v) is 2.28. The maximum atomic E-state index is 11.9. The highest BCUT2D eigenvalue weighted by atomic mass is 16.5. The number of carbonyl (C=O) groups is 2. The first-order chi connectivity index (χ1) is 13.0. The van der Waals surface area contributed by atoms with Crippen LogP contribution in [-0.4, -0.2) is 32.2 Å². The Morgan fingerprint density at radius 1 is 1.00 bits per heavy atom. The molecule has 0 unspecified atom stereocenters. The van der Waals surface area contributed by atoms with Crippen molar-refractivity contribution in [2.45, 2.75) is 19.8 Å². The lowest BCUT2D eigenvalue weighted by Crippen LogP contribution is -2.20. The van der Waals surface area contributed by atoms with Gasteiger partial charge in [0.05, 0.1) is 20.4 Å². The molecular weight excluding hydrogens is 346 g/mol. The van der Waals surface area contributed by atoms with Crippen LogP contribution in [0.2, 0.25) is 0 Å². The number of nitrogens with zero attached hydrogens (tertiary/aromatic N) is 1. The number of nitrogens with one attached hydrogen (secondary N) is 2. The van der Waals surface area contributed by atoms with Gasteiger partial charge >= 0.3 is 0 Å². The lowest BCUT2D eigenvalue weighted by atomic mass is 10.1. The van der Waals surface area contributed by atoms with Crippen molar-refractivity contribution in [1.29, 1.82) is 0 Å². The fraction of sp³-hybridized carbons (Fsp3) is 0.250. The van der Waals surface area contributed by atoms with Gasteiger partial charge in [0, 0.05) is 18.5 Å². The number of anilines is 1. The molecule has 0 aromatic heterocycles. The zero-order valence-corrected chi connectivity index (χ0v) is 15.6. The summed E-state index contributed by atoms with van der Waals surface area (Å²) in [4.78, 5) is 23.7. The topological polar surface area (TPSA) is 89.0 Å². The van der Waals surface area contributed by atoms with Crippen molar-refractivity contribution >= 4 is 23.7 Å². The average molecular weight is 369 g/mol. The zero-order chi connectivity index (χ0) is 19.6. The lowest BCUT2D eigenvalue weighted by Gasteiger charge is -2.06. The van der Waals surface area contributed by atoms with Gasteiger partial charge in [-0.15, -0.1) is 0 Å². The molecule has 0 aliphatic heterocycles. The Morgan fingerprint density at radius 3 is 2.37 bits per heavy atom. The summed E-state index contributed by atoms with van der Waals surface area (Å²) in [6, 6.07) is 12.6. The van der Waals surface area contributed by atoms with Crippen LogP contribution in [0.5, 0.6) is 11.5 Å². The Hall–Kier alpha value is -3.35. The molecule has 0 fully saturated rings. The van der Waals surface area contributed by atoms with E-state index in [-0.39, 0.29) is 24.7 Å². The second kappa shape index (κ2) is 9.96. The summed E-state index contributed by atoms with van der Waals surface area (Å²) >= 11 is 0. The summed E-state index contributed by atoms with van der Waals surface area (Å²) in [6.45, 7) is 1.94. The molecule has 7 nitrogen and oxygen atoms in total. The summed E-state index contributed by atoms with van der Waals surface area (Å²) < 4.78 is 10.3. The molecule has 0 saturated heterocycles. The first-order valence-corrected chi connectivity index (χ1v) is 8.42. The molecule has 2 N–H and O–H groups in total. The number of hydrogen-bond acceptors (Lipinski definition) is 5. The van der Waals surface area contributed by atoms with Crippen molar-refractivity contribution in [1.82, 2.24) is 5.43 Å². The van der Waals surface area contributed by atoms with E-state index in [1.165, 1.54) is 6.21 Å². The Bertz CT molecular complexity index is 816. The van der Waals surface area contributed by atoms with Crippen LogP contribution in [0.25, 0.3) is 0 Å². The quantitative estimate of drug-likeness (QED) is 0.553. The van der Waals surface area contributed by atoms with Crippen molar-refractivity contribution in [3.8, 4) is 11.5 Å². The van der Waals surface area contributed by atoms with Crippen LogP contribution < -0.4 is 20.2 Å². The van der Waals surface area contributed by atoms with E-state index in [0.717, 1.165) is 16.9 Å². The highest BCUT2D eigenvalue weighted by Gasteiger charge is 2.07. The SMILES string of the molecule is COc1ccc(NC(=O)CCC(=O)NN=Cc2ccc(C)c(OC)c2)cc1. The summed E-state index contributed by atoms with van der Waals surface area (Å²) in [5.74, 6) is 0.870. The van der Waals surface area contributed by atoms with Gasteiger partial charge in [-0.25, -0.2) is 5.43 Å². The summed E-state index contributed by atoms with van der Waals surface area (Å²) in [7, 11) is 3.17. The number of hydrazone groups is 1. The highest BCUT2D eigenvalue weighted by molar-refractivity contribution is 5.93. The molecular formula is C20H23N3O4. The predicted molar refractivity (Wildman–Crippen MR) is 104 cm³/mol. The molecule has 2 aromatic rings. The van der Waals surface area contributed by atoms with E-state index < -0.39 is 0 Å². The minimum absolute atomic E-state index is 0.0382. The van der Waals surface area contributed by atoms with Crippen molar-refractivity contribution < 1.29 is 19.1 Å². The van der Waals surface area contributed by atoms with Gasteiger partial charge in [-0.2, -0.15) is 5.10 Å². The molecule has 0 heterocycles. The van der Waals surface area contributed by atoms with Gasteiger partial charge in [-0.3, -0.25) is 9.59 Å². The van der Waals surface area contributed by atoms with E-state index in [4.69, 9.17) is 9.47 Å². The van der Waals surface area contributed by atoms with Gasteiger partial charge in [-0.05, 0) is 48.4 Å². The molecule has 0 bridgehead atoms. The third-order valence-electron chi connectivity index (χ3n) is 3.79. The Morgan fingerprint density at radius 2 is 1.70 bits per heavy atom. The van der Waals surface area contributed by atoms with Crippen LogP contribution in [0, 0.1) is 6.92 Å². The summed E-state index contributed by atoms with van der Waals surface area (Å²) in [5.41, 5.74) is 4.87. The molecule has 27 heavy (non-hydrogen) atoms. The largest absolute Gasteiger partial charge is 0.497 e. The number of methoxy groups -OCH3 is 2. The first kappa shape index (κ1) is 20.0. The third-order valence-corrected chi connectivity index (χ3v) is 3.79.